The van der Waals surface area contributed by atoms with E-state index in [0.29, 0.717) is 0 Å². The number of rotatable bonds is 6. The summed E-state index contributed by atoms with van der Waals surface area (Å²) in [5.74, 6) is 1.13. The number of imidazole rings is 1. The minimum Gasteiger partial charge on any atom is -0.351 e. The molecular formula is C31H28IN4S+. The first-order valence-electron chi connectivity index (χ1n) is 12.2. The van der Waals surface area contributed by atoms with Crippen molar-refractivity contribution in [3.8, 4) is 16.3 Å². The molecule has 0 spiro atoms. The van der Waals surface area contributed by atoms with Crippen molar-refractivity contribution in [2.24, 2.45) is 0 Å². The zero-order valence-corrected chi connectivity index (χ0v) is 23.9. The number of nitrogens with zero attached hydrogens (tertiary/aromatic N) is 4. The molecule has 0 unspecified atom stereocenters. The van der Waals surface area contributed by atoms with E-state index in [0.717, 1.165) is 39.8 Å². The molecule has 6 aromatic rings. The van der Waals surface area contributed by atoms with Crippen LogP contribution in [-0.4, -0.2) is 16.6 Å². The number of para-hydroxylation sites is 3. The number of hydrogen-bond donors (Lipinski definition) is 0. The van der Waals surface area contributed by atoms with Gasteiger partial charge in [0.25, 0.3) is 5.82 Å². The molecule has 0 fully saturated rings. The van der Waals surface area contributed by atoms with Crippen molar-refractivity contribution in [2.45, 2.75) is 13.5 Å². The van der Waals surface area contributed by atoms with E-state index in [1.54, 1.807) is 11.3 Å². The summed E-state index contributed by atoms with van der Waals surface area (Å²) in [4.78, 5) is 7.06. The average Bonchev–Trinajstić information content (AvgIpc) is 3.51. The van der Waals surface area contributed by atoms with Gasteiger partial charge >= 0.3 is 0 Å². The Morgan fingerprint density at radius 3 is 2.32 bits per heavy atom. The van der Waals surface area contributed by atoms with E-state index in [2.05, 4.69) is 131 Å². The number of benzene rings is 4. The van der Waals surface area contributed by atoms with E-state index in [9.17, 15) is 0 Å². The second kappa shape index (κ2) is 10.9. The highest BCUT2D eigenvalue weighted by atomic mass is 127. The molecule has 6 heteroatoms. The molecule has 0 amide bonds. The molecule has 0 saturated heterocycles. The number of aryl methyl sites for hydroxylation is 1. The highest BCUT2D eigenvalue weighted by molar-refractivity contribution is 14.0. The highest BCUT2D eigenvalue weighted by Crippen LogP contribution is 2.32. The van der Waals surface area contributed by atoms with Crippen LogP contribution in [0, 0.1) is 0 Å². The van der Waals surface area contributed by atoms with Crippen LogP contribution in [0.1, 0.15) is 12.7 Å². The van der Waals surface area contributed by atoms with E-state index < -0.39 is 0 Å². The second-order valence-electron chi connectivity index (χ2n) is 8.73. The maximum atomic E-state index is 4.91. The quantitative estimate of drug-likeness (QED) is 0.140. The van der Waals surface area contributed by atoms with Crippen LogP contribution in [0.15, 0.2) is 109 Å². The molecule has 0 aliphatic carbocycles. The summed E-state index contributed by atoms with van der Waals surface area (Å²) in [5.41, 5.74) is 6.86. The molecule has 184 valence electrons. The fraction of sp³-hybridized carbons (Fsp3) is 0.0968. The summed E-state index contributed by atoms with van der Waals surface area (Å²) in [6.07, 6.45) is 4.35. The first-order chi connectivity index (χ1) is 17.7. The number of aromatic nitrogens is 3. The molecule has 0 aliphatic heterocycles. The van der Waals surface area contributed by atoms with Crippen molar-refractivity contribution in [3.05, 3.63) is 115 Å². The van der Waals surface area contributed by atoms with Crippen molar-refractivity contribution < 1.29 is 4.57 Å². The summed E-state index contributed by atoms with van der Waals surface area (Å²) in [7, 11) is 2.09. The molecule has 6 rings (SSSR count). The molecule has 0 aliphatic rings. The maximum absolute atomic E-state index is 4.91. The third kappa shape index (κ3) is 4.79. The van der Waals surface area contributed by atoms with Gasteiger partial charge in [0.1, 0.15) is 10.7 Å². The Hall–Kier alpha value is -3.49. The predicted octanol–water partition coefficient (Wildman–Crippen LogP) is 7.94. The van der Waals surface area contributed by atoms with E-state index in [1.807, 2.05) is 12.1 Å². The lowest BCUT2D eigenvalue weighted by atomic mass is 10.2. The zero-order valence-electron chi connectivity index (χ0n) is 20.8. The van der Waals surface area contributed by atoms with Gasteiger partial charge in [-0.3, -0.25) is 0 Å². The normalized spacial score (nSPS) is 11.3. The SMILES string of the molecule is CC[n+]1c(/C=C/N(C)c2ccccc2)n(-c2ccccc2)c2ccc(-c3nc4ccccc4s3)cc21.I. The van der Waals surface area contributed by atoms with Gasteiger partial charge in [-0.2, -0.15) is 4.57 Å². The van der Waals surface area contributed by atoms with E-state index in [4.69, 9.17) is 4.98 Å². The maximum Gasteiger partial charge on any atom is 0.289 e. The Kier molecular flexibility index (Phi) is 7.39. The molecular weight excluding hydrogens is 587 g/mol. The van der Waals surface area contributed by atoms with Crippen LogP contribution in [0.4, 0.5) is 5.69 Å². The Morgan fingerprint density at radius 1 is 0.892 bits per heavy atom. The minimum atomic E-state index is 0. The molecule has 2 heterocycles. The topological polar surface area (TPSA) is 24.9 Å². The van der Waals surface area contributed by atoms with Crippen molar-refractivity contribution in [3.63, 3.8) is 0 Å². The van der Waals surface area contributed by atoms with Gasteiger partial charge < -0.3 is 4.90 Å². The van der Waals surface area contributed by atoms with Gasteiger partial charge in [-0.25, -0.2) is 9.55 Å². The van der Waals surface area contributed by atoms with Crippen LogP contribution in [0.5, 0.6) is 0 Å². The van der Waals surface area contributed by atoms with Crippen LogP contribution in [0.2, 0.25) is 0 Å². The predicted molar refractivity (Wildman–Crippen MR) is 167 cm³/mol. The smallest absolute Gasteiger partial charge is 0.289 e. The van der Waals surface area contributed by atoms with E-state index in [-0.39, 0.29) is 24.0 Å². The van der Waals surface area contributed by atoms with E-state index in [1.165, 1.54) is 15.7 Å². The molecule has 0 radical (unpaired) electrons. The third-order valence-electron chi connectivity index (χ3n) is 6.49. The lowest BCUT2D eigenvalue weighted by Crippen LogP contribution is -2.35. The molecule has 0 atom stereocenters. The van der Waals surface area contributed by atoms with Crippen LogP contribution >= 0.6 is 35.3 Å². The first kappa shape index (κ1) is 25.2. The monoisotopic (exact) mass is 615 g/mol. The van der Waals surface area contributed by atoms with Gasteiger partial charge in [0.15, 0.2) is 11.0 Å². The summed E-state index contributed by atoms with van der Waals surface area (Å²) in [5, 5.41) is 1.05. The summed E-state index contributed by atoms with van der Waals surface area (Å²) < 4.78 is 5.94. The second-order valence-corrected chi connectivity index (χ2v) is 9.76. The molecule has 37 heavy (non-hydrogen) atoms. The Labute approximate surface area is 238 Å². The largest absolute Gasteiger partial charge is 0.351 e. The summed E-state index contributed by atoms with van der Waals surface area (Å²) >= 11 is 1.74. The third-order valence-corrected chi connectivity index (χ3v) is 7.58. The van der Waals surface area contributed by atoms with Crippen molar-refractivity contribution >= 4 is 68.3 Å². The van der Waals surface area contributed by atoms with E-state index >= 15 is 0 Å². The molecule has 0 N–H and O–H groups in total. The van der Waals surface area contributed by atoms with Crippen molar-refractivity contribution in [1.82, 2.24) is 9.55 Å². The lowest BCUT2D eigenvalue weighted by molar-refractivity contribution is -0.670. The number of anilines is 1. The molecule has 2 aromatic heterocycles. The van der Waals surface area contributed by atoms with Gasteiger partial charge in [0, 0.05) is 30.6 Å². The lowest BCUT2D eigenvalue weighted by Gasteiger charge is -2.13. The van der Waals surface area contributed by atoms with Gasteiger partial charge in [0.2, 0.25) is 0 Å². The fourth-order valence-corrected chi connectivity index (χ4v) is 5.66. The summed E-state index contributed by atoms with van der Waals surface area (Å²) in [6.45, 7) is 3.06. The van der Waals surface area contributed by atoms with Crippen molar-refractivity contribution in [1.29, 1.82) is 0 Å². The highest BCUT2D eigenvalue weighted by Gasteiger charge is 2.25. The number of halogens is 1. The van der Waals surface area contributed by atoms with Crippen LogP contribution in [-0.2, 0) is 6.54 Å². The van der Waals surface area contributed by atoms with Gasteiger partial charge in [0.05, 0.1) is 16.8 Å². The standard InChI is InChI=1S/C31H27N4S.HI/c1-3-34-28-22-23(31-32-26-16-10-11-17-29(26)36-31)18-19-27(28)35(25-14-8-5-9-15-25)30(34)20-21-33(2)24-12-6-4-7-13-24;/h4-22H,3H2,1-2H3;1H/q+1;. The minimum absolute atomic E-state index is 0. The number of fused-ring (bicyclic) bond motifs is 2. The van der Waals surface area contributed by atoms with Crippen LogP contribution in [0.3, 0.4) is 0 Å². The van der Waals surface area contributed by atoms with Gasteiger partial charge in [-0.1, -0.05) is 48.5 Å². The van der Waals surface area contributed by atoms with Crippen LogP contribution < -0.4 is 9.47 Å². The number of thiazole rings is 1. The zero-order chi connectivity index (χ0) is 24.5. The Balaban J connectivity index is 0.00000280. The van der Waals surface area contributed by atoms with Crippen molar-refractivity contribution in [2.75, 3.05) is 11.9 Å². The average molecular weight is 616 g/mol. The van der Waals surface area contributed by atoms with Gasteiger partial charge in [-0.15, -0.1) is 35.3 Å². The number of hydrogen-bond acceptors (Lipinski definition) is 3. The molecule has 4 aromatic carbocycles. The molecule has 4 nitrogen and oxygen atoms in total. The molecule has 0 saturated carbocycles. The Bertz CT molecular complexity index is 1650. The van der Waals surface area contributed by atoms with Crippen LogP contribution in [0.25, 0.3) is 43.6 Å². The fourth-order valence-electron chi connectivity index (χ4n) is 4.70. The first-order valence-corrected chi connectivity index (χ1v) is 13.0. The van der Waals surface area contributed by atoms with Gasteiger partial charge in [-0.05, 0) is 61.5 Å². The summed E-state index contributed by atoms with van der Waals surface area (Å²) in [6, 6.07) is 36.1. The Morgan fingerprint density at radius 2 is 1.59 bits per heavy atom. The molecule has 0 bridgehead atoms.